The number of carbonyl (C=O) groups is 1. The van der Waals surface area contributed by atoms with Crippen LogP contribution in [-0.4, -0.2) is 11.1 Å². The Labute approximate surface area is 119 Å². The standard InChI is InChI=1S/C14H10N2OS2/c17-13-12(8-10-6-7-18-9-10)19-14(16-13)15-11-4-2-1-3-5-11/h1-9H,(H,15,16,17)/b12-8+. The second kappa shape index (κ2) is 5.42. The lowest BCUT2D eigenvalue weighted by Gasteiger charge is -1.94. The molecule has 0 radical (unpaired) electrons. The van der Waals surface area contributed by atoms with E-state index in [0.717, 1.165) is 11.3 Å². The molecular weight excluding hydrogens is 276 g/mol. The Bertz CT molecular complexity index is 645. The first kappa shape index (κ1) is 12.2. The highest BCUT2D eigenvalue weighted by Crippen LogP contribution is 2.28. The van der Waals surface area contributed by atoms with E-state index in [1.54, 1.807) is 11.3 Å². The second-order valence-electron chi connectivity index (χ2n) is 3.87. The van der Waals surface area contributed by atoms with Crippen LogP contribution in [0.2, 0.25) is 0 Å². The van der Waals surface area contributed by atoms with E-state index in [0.29, 0.717) is 10.1 Å². The van der Waals surface area contributed by atoms with Crippen molar-refractivity contribution in [3.05, 3.63) is 57.6 Å². The minimum Gasteiger partial charge on any atom is -0.300 e. The molecule has 3 rings (SSSR count). The summed E-state index contributed by atoms with van der Waals surface area (Å²) in [7, 11) is 0. The monoisotopic (exact) mass is 286 g/mol. The largest absolute Gasteiger partial charge is 0.300 e. The molecule has 0 saturated carbocycles. The number of nitrogens with zero attached hydrogens (tertiary/aromatic N) is 1. The van der Waals surface area contributed by atoms with Crippen molar-refractivity contribution in [1.29, 1.82) is 0 Å². The number of rotatable bonds is 2. The van der Waals surface area contributed by atoms with Gasteiger partial charge in [0.05, 0.1) is 10.6 Å². The number of hydrogen-bond donors (Lipinski definition) is 1. The maximum Gasteiger partial charge on any atom is 0.264 e. The second-order valence-corrected chi connectivity index (χ2v) is 5.68. The first-order valence-corrected chi connectivity index (χ1v) is 7.44. The van der Waals surface area contributed by atoms with Gasteiger partial charge in [-0.25, -0.2) is 4.99 Å². The van der Waals surface area contributed by atoms with Crippen molar-refractivity contribution in [3.8, 4) is 0 Å². The summed E-state index contributed by atoms with van der Waals surface area (Å²) < 4.78 is 0. The smallest absolute Gasteiger partial charge is 0.264 e. The van der Waals surface area contributed by atoms with E-state index >= 15 is 0 Å². The fourth-order valence-electron chi connectivity index (χ4n) is 1.61. The van der Waals surface area contributed by atoms with Gasteiger partial charge >= 0.3 is 0 Å². The van der Waals surface area contributed by atoms with E-state index in [1.807, 2.05) is 53.2 Å². The Kier molecular flexibility index (Phi) is 3.48. The zero-order chi connectivity index (χ0) is 13.1. The van der Waals surface area contributed by atoms with Crippen molar-refractivity contribution in [1.82, 2.24) is 5.32 Å². The normalized spacial score (nSPS) is 19.1. The summed E-state index contributed by atoms with van der Waals surface area (Å²) in [5, 5.41) is 7.39. The van der Waals surface area contributed by atoms with Crippen LogP contribution >= 0.6 is 23.1 Å². The predicted octanol–water partition coefficient (Wildman–Crippen LogP) is 3.64. The molecule has 0 aliphatic carbocycles. The highest BCUT2D eigenvalue weighted by molar-refractivity contribution is 8.18. The topological polar surface area (TPSA) is 41.5 Å². The van der Waals surface area contributed by atoms with Gasteiger partial charge in [-0.1, -0.05) is 18.2 Å². The number of benzene rings is 1. The lowest BCUT2D eigenvalue weighted by atomic mass is 10.3. The first-order valence-electron chi connectivity index (χ1n) is 5.68. The molecule has 2 aromatic rings. The van der Waals surface area contributed by atoms with Crippen molar-refractivity contribution in [2.45, 2.75) is 0 Å². The summed E-state index contributed by atoms with van der Waals surface area (Å²) in [4.78, 5) is 16.9. The van der Waals surface area contributed by atoms with E-state index in [2.05, 4.69) is 10.3 Å². The molecule has 0 unspecified atom stereocenters. The third kappa shape index (κ3) is 2.94. The zero-order valence-electron chi connectivity index (χ0n) is 9.87. The van der Waals surface area contributed by atoms with Crippen LogP contribution in [-0.2, 0) is 4.79 Å². The molecular formula is C14H10N2OS2. The van der Waals surface area contributed by atoms with E-state index < -0.39 is 0 Å². The number of thioether (sulfide) groups is 1. The average molecular weight is 286 g/mol. The van der Waals surface area contributed by atoms with Gasteiger partial charge in [0.1, 0.15) is 0 Å². The van der Waals surface area contributed by atoms with Gasteiger partial charge in [0.2, 0.25) is 0 Å². The van der Waals surface area contributed by atoms with Crippen LogP contribution in [0.4, 0.5) is 5.69 Å². The van der Waals surface area contributed by atoms with Crippen molar-refractivity contribution >= 4 is 45.9 Å². The summed E-state index contributed by atoms with van der Waals surface area (Å²) in [6.45, 7) is 0. The fraction of sp³-hybridized carbons (Fsp3) is 0. The predicted molar refractivity (Wildman–Crippen MR) is 81.6 cm³/mol. The van der Waals surface area contributed by atoms with Gasteiger partial charge in [-0.05, 0) is 52.4 Å². The summed E-state index contributed by atoms with van der Waals surface area (Å²) in [6, 6.07) is 11.6. The van der Waals surface area contributed by atoms with Gasteiger partial charge in [-0.15, -0.1) is 0 Å². The summed E-state index contributed by atoms with van der Waals surface area (Å²) in [5.74, 6) is -0.0918. The number of nitrogens with one attached hydrogen (secondary N) is 1. The summed E-state index contributed by atoms with van der Waals surface area (Å²) in [6.07, 6.45) is 1.88. The van der Waals surface area contributed by atoms with Crippen LogP contribution in [0, 0.1) is 0 Å². The minimum atomic E-state index is -0.0918. The van der Waals surface area contributed by atoms with Crippen molar-refractivity contribution in [3.63, 3.8) is 0 Å². The van der Waals surface area contributed by atoms with Crippen molar-refractivity contribution in [2.75, 3.05) is 0 Å². The summed E-state index contributed by atoms with van der Waals surface area (Å²) in [5.41, 5.74) is 1.88. The molecule has 2 heterocycles. The van der Waals surface area contributed by atoms with Crippen LogP contribution in [0.15, 0.2) is 57.1 Å². The number of thiophene rings is 1. The molecule has 19 heavy (non-hydrogen) atoms. The van der Waals surface area contributed by atoms with E-state index in [1.165, 1.54) is 11.8 Å². The van der Waals surface area contributed by atoms with E-state index in [-0.39, 0.29) is 5.91 Å². The number of hydrogen-bond acceptors (Lipinski definition) is 4. The van der Waals surface area contributed by atoms with Crippen LogP contribution in [0.1, 0.15) is 5.56 Å². The van der Waals surface area contributed by atoms with Crippen LogP contribution in [0.5, 0.6) is 0 Å². The Morgan fingerprint density at radius 3 is 2.74 bits per heavy atom. The molecule has 3 nitrogen and oxygen atoms in total. The van der Waals surface area contributed by atoms with Crippen LogP contribution in [0.3, 0.4) is 0 Å². The Hall–Kier alpha value is -1.85. The molecule has 1 aliphatic rings. The van der Waals surface area contributed by atoms with Crippen LogP contribution in [0.25, 0.3) is 6.08 Å². The molecule has 0 bridgehead atoms. The van der Waals surface area contributed by atoms with Gasteiger partial charge in [-0.3, -0.25) is 4.79 Å². The van der Waals surface area contributed by atoms with E-state index in [9.17, 15) is 4.79 Å². The molecule has 1 aliphatic heterocycles. The average Bonchev–Trinajstić information content (AvgIpc) is 3.02. The SMILES string of the molecule is O=C1NC(=Nc2ccccc2)S/C1=C/c1ccsc1. The molecule has 1 saturated heterocycles. The highest BCUT2D eigenvalue weighted by Gasteiger charge is 2.23. The Morgan fingerprint density at radius 1 is 1.16 bits per heavy atom. The number of amidine groups is 1. The van der Waals surface area contributed by atoms with Crippen molar-refractivity contribution in [2.24, 2.45) is 4.99 Å². The fourth-order valence-corrected chi connectivity index (χ4v) is 3.07. The Balaban J connectivity index is 1.82. The zero-order valence-corrected chi connectivity index (χ0v) is 11.5. The molecule has 94 valence electrons. The van der Waals surface area contributed by atoms with Gasteiger partial charge in [0, 0.05) is 0 Å². The van der Waals surface area contributed by atoms with Gasteiger partial charge in [0.15, 0.2) is 5.17 Å². The quantitative estimate of drug-likeness (QED) is 0.856. The number of carbonyl (C=O) groups excluding carboxylic acids is 1. The molecule has 1 aromatic heterocycles. The van der Waals surface area contributed by atoms with Gasteiger partial charge in [-0.2, -0.15) is 11.3 Å². The number of para-hydroxylation sites is 1. The summed E-state index contributed by atoms with van der Waals surface area (Å²) >= 11 is 2.98. The lowest BCUT2D eigenvalue weighted by molar-refractivity contribution is -0.115. The molecule has 5 heteroatoms. The first-order chi connectivity index (χ1) is 9.31. The molecule has 1 fully saturated rings. The maximum absolute atomic E-state index is 11.8. The third-order valence-corrected chi connectivity index (χ3v) is 4.09. The molecule has 0 atom stereocenters. The number of aliphatic imine (C=N–C) groups is 1. The van der Waals surface area contributed by atoms with Gasteiger partial charge in [0.25, 0.3) is 5.91 Å². The van der Waals surface area contributed by atoms with Gasteiger partial charge < -0.3 is 5.32 Å². The molecule has 0 spiro atoms. The van der Waals surface area contributed by atoms with Crippen molar-refractivity contribution < 1.29 is 4.79 Å². The highest BCUT2D eigenvalue weighted by atomic mass is 32.2. The minimum absolute atomic E-state index is 0.0918. The Morgan fingerprint density at radius 2 is 2.00 bits per heavy atom. The molecule has 1 N–H and O–H groups in total. The third-order valence-electron chi connectivity index (χ3n) is 2.48. The van der Waals surface area contributed by atoms with E-state index in [4.69, 9.17) is 0 Å². The number of amides is 1. The van der Waals surface area contributed by atoms with Crippen LogP contribution < -0.4 is 5.32 Å². The molecule has 1 aromatic carbocycles. The maximum atomic E-state index is 11.8. The molecule has 1 amide bonds. The lowest BCUT2D eigenvalue weighted by Crippen LogP contribution is -2.19.